The minimum Gasteiger partial charge on any atom is -0.368 e. The van der Waals surface area contributed by atoms with Crippen LogP contribution in [0.5, 0.6) is 0 Å². The monoisotopic (exact) mass is 358 g/mol. The first kappa shape index (κ1) is 15.7. The van der Waals surface area contributed by atoms with Crippen molar-refractivity contribution in [3.8, 4) is 0 Å². The van der Waals surface area contributed by atoms with Crippen LogP contribution in [0.15, 0.2) is 30.6 Å². The summed E-state index contributed by atoms with van der Waals surface area (Å²) in [6, 6.07) is 4.93. The summed E-state index contributed by atoms with van der Waals surface area (Å²) < 4.78 is 13.6. The van der Waals surface area contributed by atoms with E-state index in [2.05, 4.69) is 15.0 Å². The van der Waals surface area contributed by atoms with Gasteiger partial charge in [0, 0.05) is 38.6 Å². The lowest BCUT2D eigenvalue weighted by atomic mass is 10.2. The lowest BCUT2D eigenvalue weighted by molar-refractivity contribution is 0.0746. The number of amides is 1. The zero-order valence-corrected chi connectivity index (χ0v) is 14.0. The van der Waals surface area contributed by atoms with Crippen molar-refractivity contribution >= 4 is 39.2 Å². The lowest BCUT2D eigenvalue weighted by Crippen LogP contribution is -2.49. The van der Waals surface area contributed by atoms with Gasteiger partial charge in [0.2, 0.25) is 5.95 Å². The van der Waals surface area contributed by atoms with Gasteiger partial charge in [0.1, 0.15) is 10.6 Å². The largest absolute Gasteiger partial charge is 0.368 e. The van der Waals surface area contributed by atoms with Crippen LogP contribution in [0.25, 0.3) is 10.2 Å². The van der Waals surface area contributed by atoms with Crippen molar-refractivity contribution < 1.29 is 9.18 Å². The molecule has 0 atom stereocenters. The Kier molecular flexibility index (Phi) is 3.92. The molecule has 0 aromatic carbocycles. The molecule has 1 saturated heterocycles. The van der Waals surface area contributed by atoms with Crippen molar-refractivity contribution in [3.63, 3.8) is 0 Å². The molecule has 9 heteroatoms. The third-order valence-electron chi connectivity index (χ3n) is 4.13. The van der Waals surface area contributed by atoms with E-state index in [1.807, 2.05) is 4.90 Å². The average Bonchev–Trinajstić information content (AvgIpc) is 3.01. The summed E-state index contributed by atoms with van der Waals surface area (Å²) in [5.74, 6) is 0.705. The van der Waals surface area contributed by atoms with Crippen LogP contribution in [0.4, 0.5) is 16.2 Å². The third-order valence-corrected chi connectivity index (χ3v) is 4.95. The molecule has 0 spiro atoms. The number of hydrogen-bond donors (Lipinski definition) is 1. The van der Waals surface area contributed by atoms with E-state index in [0.29, 0.717) is 47.8 Å². The van der Waals surface area contributed by atoms with Gasteiger partial charge < -0.3 is 15.5 Å². The maximum absolute atomic E-state index is 13.6. The topological polar surface area (TPSA) is 88.2 Å². The standard InChI is InChI=1S/C16H15FN6OS/c17-12-8-11-13(20-16(18)21-14(11)25-12)22-4-6-23(7-5-22)15(24)10-2-1-3-19-9-10/h1-3,8-9H,4-7H2,(H2,18,20,21). The number of nitrogens with two attached hydrogens (primary N) is 1. The molecule has 0 unspecified atom stereocenters. The molecule has 0 radical (unpaired) electrons. The molecule has 4 rings (SSSR count). The number of carbonyl (C=O) groups is 1. The van der Waals surface area contributed by atoms with Crippen LogP contribution >= 0.6 is 11.3 Å². The molecule has 1 aliphatic heterocycles. The van der Waals surface area contributed by atoms with Crippen LogP contribution in [0.1, 0.15) is 10.4 Å². The molecule has 0 bridgehead atoms. The zero-order valence-electron chi connectivity index (χ0n) is 13.2. The maximum Gasteiger partial charge on any atom is 0.255 e. The molecule has 1 amide bonds. The summed E-state index contributed by atoms with van der Waals surface area (Å²) in [5.41, 5.74) is 6.33. The highest BCUT2D eigenvalue weighted by molar-refractivity contribution is 7.17. The number of pyridine rings is 1. The fourth-order valence-corrected chi connectivity index (χ4v) is 3.69. The molecule has 1 fully saturated rings. The maximum atomic E-state index is 13.6. The molecular formula is C16H15FN6OS. The van der Waals surface area contributed by atoms with E-state index in [9.17, 15) is 9.18 Å². The number of aromatic nitrogens is 3. The minimum atomic E-state index is -0.318. The first-order valence-electron chi connectivity index (χ1n) is 7.78. The van der Waals surface area contributed by atoms with Gasteiger partial charge in [-0.2, -0.15) is 9.37 Å². The molecule has 1 aliphatic rings. The van der Waals surface area contributed by atoms with Crippen LogP contribution in [-0.4, -0.2) is 51.9 Å². The molecule has 0 saturated carbocycles. The van der Waals surface area contributed by atoms with Gasteiger partial charge in [-0.1, -0.05) is 11.3 Å². The van der Waals surface area contributed by atoms with E-state index in [0.717, 1.165) is 11.3 Å². The lowest BCUT2D eigenvalue weighted by Gasteiger charge is -2.35. The van der Waals surface area contributed by atoms with Crippen LogP contribution in [-0.2, 0) is 0 Å². The quantitative estimate of drug-likeness (QED) is 0.751. The van der Waals surface area contributed by atoms with E-state index < -0.39 is 0 Å². The zero-order chi connectivity index (χ0) is 17.4. The molecule has 3 aromatic rings. The number of halogens is 1. The molecule has 3 aromatic heterocycles. The third kappa shape index (κ3) is 2.98. The Morgan fingerprint density at radius 1 is 1.24 bits per heavy atom. The van der Waals surface area contributed by atoms with Crippen molar-refractivity contribution in [1.82, 2.24) is 19.9 Å². The van der Waals surface area contributed by atoms with Gasteiger partial charge in [-0.05, 0) is 18.2 Å². The van der Waals surface area contributed by atoms with Crippen LogP contribution in [0.3, 0.4) is 0 Å². The Hall–Kier alpha value is -2.81. The summed E-state index contributed by atoms with van der Waals surface area (Å²) in [4.78, 5) is 29.2. The summed E-state index contributed by atoms with van der Waals surface area (Å²) in [7, 11) is 0. The predicted octanol–water partition coefficient (Wildman–Crippen LogP) is 1.77. The SMILES string of the molecule is Nc1nc(N2CCN(C(=O)c3cccnc3)CC2)c2cc(F)sc2n1. The molecule has 25 heavy (non-hydrogen) atoms. The number of anilines is 2. The van der Waals surface area contributed by atoms with Gasteiger partial charge in [-0.25, -0.2) is 4.98 Å². The smallest absolute Gasteiger partial charge is 0.255 e. The van der Waals surface area contributed by atoms with Crippen molar-refractivity contribution in [2.75, 3.05) is 36.8 Å². The summed E-state index contributed by atoms with van der Waals surface area (Å²) in [6.45, 7) is 2.28. The first-order chi connectivity index (χ1) is 12.1. The summed E-state index contributed by atoms with van der Waals surface area (Å²) in [6.07, 6.45) is 3.21. The molecular weight excluding hydrogens is 343 g/mol. The number of rotatable bonds is 2. The average molecular weight is 358 g/mol. The number of nitrogen functional groups attached to an aromatic ring is 1. The highest BCUT2D eigenvalue weighted by atomic mass is 32.1. The Morgan fingerprint density at radius 3 is 2.76 bits per heavy atom. The highest BCUT2D eigenvalue weighted by Gasteiger charge is 2.25. The second-order valence-electron chi connectivity index (χ2n) is 5.70. The minimum absolute atomic E-state index is 0.0401. The Balaban J connectivity index is 1.54. The predicted molar refractivity (Wildman–Crippen MR) is 94.1 cm³/mol. The normalized spacial score (nSPS) is 14.9. The number of piperazine rings is 1. The van der Waals surface area contributed by atoms with Gasteiger partial charge in [0.15, 0.2) is 5.13 Å². The van der Waals surface area contributed by atoms with E-state index >= 15 is 0 Å². The van der Waals surface area contributed by atoms with E-state index in [-0.39, 0.29) is 17.0 Å². The highest BCUT2D eigenvalue weighted by Crippen LogP contribution is 2.31. The second-order valence-corrected chi connectivity index (χ2v) is 6.68. The molecule has 2 N–H and O–H groups in total. The molecule has 4 heterocycles. The van der Waals surface area contributed by atoms with Gasteiger partial charge >= 0.3 is 0 Å². The van der Waals surface area contributed by atoms with Gasteiger partial charge in [0.25, 0.3) is 5.91 Å². The van der Waals surface area contributed by atoms with E-state index in [4.69, 9.17) is 5.73 Å². The van der Waals surface area contributed by atoms with E-state index in [1.54, 1.807) is 29.4 Å². The number of hydrogen-bond acceptors (Lipinski definition) is 7. The number of fused-ring (bicyclic) bond motifs is 1. The second kappa shape index (κ2) is 6.25. The number of carbonyl (C=O) groups excluding carboxylic acids is 1. The van der Waals surface area contributed by atoms with E-state index in [1.165, 1.54) is 6.07 Å². The Morgan fingerprint density at radius 2 is 2.04 bits per heavy atom. The fraction of sp³-hybridized carbons (Fsp3) is 0.250. The van der Waals surface area contributed by atoms with Crippen LogP contribution in [0.2, 0.25) is 0 Å². The van der Waals surface area contributed by atoms with Crippen molar-refractivity contribution in [2.24, 2.45) is 0 Å². The summed E-state index contributed by atoms with van der Waals surface area (Å²) in [5, 5.41) is 0.338. The Labute approximate surface area is 146 Å². The van der Waals surface area contributed by atoms with Crippen molar-refractivity contribution in [2.45, 2.75) is 0 Å². The molecule has 7 nitrogen and oxygen atoms in total. The first-order valence-corrected chi connectivity index (χ1v) is 8.60. The number of thiophene rings is 1. The van der Waals surface area contributed by atoms with Gasteiger partial charge in [-0.15, -0.1) is 0 Å². The summed E-state index contributed by atoms with van der Waals surface area (Å²) >= 11 is 0.951. The number of nitrogens with zero attached hydrogens (tertiary/aromatic N) is 5. The van der Waals surface area contributed by atoms with Gasteiger partial charge in [0.05, 0.1) is 10.9 Å². The van der Waals surface area contributed by atoms with Crippen LogP contribution < -0.4 is 10.6 Å². The molecule has 128 valence electrons. The van der Waals surface area contributed by atoms with Crippen molar-refractivity contribution in [1.29, 1.82) is 0 Å². The van der Waals surface area contributed by atoms with Crippen LogP contribution in [0, 0.1) is 5.13 Å². The fourth-order valence-electron chi connectivity index (χ4n) is 2.93. The van der Waals surface area contributed by atoms with Gasteiger partial charge in [-0.3, -0.25) is 9.78 Å². The van der Waals surface area contributed by atoms with Crippen molar-refractivity contribution in [3.05, 3.63) is 41.3 Å². The Bertz CT molecular complexity index is 923. The molecule has 0 aliphatic carbocycles.